The minimum Gasteiger partial charge on any atom is -0.481 e. The van der Waals surface area contributed by atoms with Gasteiger partial charge in [-0.3, -0.25) is 9.59 Å². The largest absolute Gasteiger partial charge is 0.481 e. The number of nitrogens with one attached hydrogen (secondary N) is 1. The molecule has 0 heterocycles. The maximum Gasteiger partial charge on any atom is 0.306 e. The van der Waals surface area contributed by atoms with Crippen LogP contribution in [0.1, 0.15) is 37.3 Å². The molecule has 1 saturated carbocycles. The summed E-state index contributed by atoms with van der Waals surface area (Å²) in [5, 5.41) is 11.8. The van der Waals surface area contributed by atoms with Gasteiger partial charge in [0, 0.05) is 13.0 Å². The van der Waals surface area contributed by atoms with Gasteiger partial charge in [-0.2, -0.15) is 0 Å². The number of rotatable bonds is 6. The van der Waals surface area contributed by atoms with Gasteiger partial charge in [-0.05, 0) is 43.4 Å². The quantitative estimate of drug-likeness (QED) is 0.834. The summed E-state index contributed by atoms with van der Waals surface area (Å²) >= 11 is 0. The lowest BCUT2D eigenvalue weighted by atomic mass is 9.81. The Balaban J connectivity index is 2.01. The Hall–Kier alpha value is -2.02. The van der Waals surface area contributed by atoms with Crippen molar-refractivity contribution in [2.45, 2.75) is 31.7 Å². The van der Waals surface area contributed by atoms with Crippen molar-refractivity contribution >= 4 is 11.9 Å². The second kappa shape index (κ2) is 8.19. The first-order valence-electron chi connectivity index (χ1n) is 7.89. The van der Waals surface area contributed by atoms with Crippen LogP contribution in [0.4, 0.5) is 8.78 Å². The number of carboxylic acid groups (broad SMARTS) is 1. The maximum absolute atomic E-state index is 13.4. The zero-order chi connectivity index (χ0) is 17.7. The van der Waals surface area contributed by atoms with Crippen molar-refractivity contribution < 1.29 is 28.2 Å². The minimum absolute atomic E-state index is 0.126. The van der Waals surface area contributed by atoms with E-state index < -0.39 is 29.6 Å². The lowest BCUT2D eigenvalue weighted by Gasteiger charge is -2.27. The van der Waals surface area contributed by atoms with E-state index in [1.165, 1.54) is 13.2 Å². The van der Waals surface area contributed by atoms with Crippen molar-refractivity contribution in [3.8, 4) is 0 Å². The van der Waals surface area contributed by atoms with Crippen LogP contribution in [-0.2, 0) is 14.3 Å². The summed E-state index contributed by atoms with van der Waals surface area (Å²) in [7, 11) is 1.46. The number of amides is 1. The van der Waals surface area contributed by atoms with E-state index in [-0.39, 0.29) is 18.4 Å². The number of methoxy groups -OCH3 is 1. The maximum atomic E-state index is 13.4. The molecule has 5 nitrogen and oxygen atoms in total. The van der Waals surface area contributed by atoms with Gasteiger partial charge < -0.3 is 15.2 Å². The van der Waals surface area contributed by atoms with E-state index in [1.54, 1.807) is 0 Å². The topological polar surface area (TPSA) is 75.6 Å². The summed E-state index contributed by atoms with van der Waals surface area (Å²) < 4.78 is 31.5. The molecule has 1 unspecified atom stereocenters. The number of hydrogen-bond donors (Lipinski definition) is 2. The normalized spacial score (nSPS) is 22.0. The highest BCUT2D eigenvalue weighted by atomic mass is 19.2. The predicted octanol–water partition coefficient (Wildman–Crippen LogP) is 2.66. The molecule has 1 aromatic carbocycles. The van der Waals surface area contributed by atoms with Gasteiger partial charge in [-0.1, -0.05) is 6.07 Å². The first-order valence-corrected chi connectivity index (χ1v) is 7.89. The van der Waals surface area contributed by atoms with E-state index >= 15 is 0 Å². The number of carbonyl (C=O) groups is 2. The molecule has 24 heavy (non-hydrogen) atoms. The van der Waals surface area contributed by atoms with Crippen LogP contribution >= 0.6 is 0 Å². The molecule has 0 spiro atoms. The first kappa shape index (κ1) is 18.3. The summed E-state index contributed by atoms with van der Waals surface area (Å²) in [6.07, 6.45) is 1.93. The van der Waals surface area contributed by atoms with Crippen LogP contribution in [0.25, 0.3) is 0 Å². The average molecular weight is 341 g/mol. The second-order valence-corrected chi connectivity index (χ2v) is 6.08. The number of aliphatic carboxylic acids is 1. The van der Waals surface area contributed by atoms with Gasteiger partial charge in [0.15, 0.2) is 11.6 Å². The summed E-state index contributed by atoms with van der Waals surface area (Å²) in [5.74, 6) is -3.64. The summed E-state index contributed by atoms with van der Waals surface area (Å²) in [6.45, 7) is 0.126. The van der Waals surface area contributed by atoms with Crippen LogP contribution in [0.3, 0.4) is 0 Å². The Morgan fingerprint density at radius 2 is 1.83 bits per heavy atom. The SMILES string of the molecule is COCC(NC(=O)C1CCC(C(=O)O)CC1)c1ccc(F)c(F)c1. The minimum atomic E-state index is -0.982. The van der Waals surface area contributed by atoms with Crippen LogP contribution in [0.5, 0.6) is 0 Å². The lowest BCUT2D eigenvalue weighted by molar-refractivity contribution is -0.144. The Labute approximate surface area is 139 Å². The molecule has 1 aromatic rings. The molecule has 2 N–H and O–H groups in total. The van der Waals surface area contributed by atoms with Crippen molar-refractivity contribution in [2.24, 2.45) is 11.8 Å². The molecule has 0 aromatic heterocycles. The van der Waals surface area contributed by atoms with Crippen molar-refractivity contribution in [3.05, 3.63) is 35.4 Å². The van der Waals surface area contributed by atoms with E-state index in [0.29, 0.717) is 31.2 Å². The molecule has 1 aliphatic carbocycles. The smallest absolute Gasteiger partial charge is 0.306 e. The van der Waals surface area contributed by atoms with Gasteiger partial charge in [0.05, 0.1) is 18.6 Å². The van der Waals surface area contributed by atoms with Gasteiger partial charge in [0.1, 0.15) is 0 Å². The van der Waals surface area contributed by atoms with E-state index in [4.69, 9.17) is 9.84 Å². The van der Waals surface area contributed by atoms with Crippen LogP contribution < -0.4 is 5.32 Å². The lowest BCUT2D eigenvalue weighted by Crippen LogP contribution is -2.38. The van der Waals surface area contributed by atoms with E-state index in [0.717, 1.165) is 12.1 Å². The van der Waals surface area contributed by atoms with Crippen molar-refractivity contribution in [1.82, 2.24) is 5.32 Å². The standard InChI is InChI=1S/C17H21F2NO4/c1-24-9-15(12-6-7-13(18)14(19)8-12)20-16(21)10-2-4-11(5-3-10)17(22)23/h6-8,10-11,15H,2-5,9H2,1H3,(H,20,21)(H,22,23). The highest BCUT2D eigenvalue weighted by molar-refractivity contribution is 5.79. The highest BCUT2D eigenvalue weighted by Crippen LogP contribution is 2.29. The molecule has 1 aliphatic rings. The molecule has 0 aliphatic heterocycles. The fourth-order valence-corrected chi connectivity index (χ4v) is 3.01. The summed E-state index contributed by atoms with van der Waals surface area (Å²) in [4.78, 5) is 23.4. The molecule has 132 valence electrons. The van der Waals surface area contributed by atoms with Crippen LogP contribution in [-0.4, -0.2) is 30.7 Å². The number of halogens is 2. The molecule has 0 bridgehead atoms. The van der Waals surface area contributed by atoms with Crippen LogP contribution in [0.15, 0.2) is 18.2 Å². The molecule has 7 heteroatoms. The second-order valence-electron chi connectivity index (χ2n) is 6.08. The average Bonchev–Trinajstić information content (AvgIpc) is 2.57. The summed E-state index contributed by atoms with van der Waals surface area (Å²) in [6, 6.07) is 2.87. The third-order valence-corrected chi connectivity index (χ3v) is 4.44. The van der Waals surface area contributed by atoms with Crippen LogP contribution in [0.2, 0.25) is 0 Å². The molecule has 0 saturated heterocycles. The van der Waals surface area contributed by atoms with E-state index in [1.807, 2.05) is 0 Å². The van der Waals surface area contributed by atoms with Crippen molar-refractivity contribution in [3.63, 3.8) is 0 Å². The third-order valence-electron chi connectivity index (χ3n) is 4.44. The monoisotopic (exact) mass is 341 g/mol. The van der Waals surface area contributed by atoms with Crippen molar-refractivity contribution in [2.75, 3.05) is 13.7 Å². The Kier molecular flexibility index (Phi) is 6.25. The van der Waals surface area contributed by atoms with Crippen molar-refractivity contribution in [1.29, 1.82) is 0 Å². The van der Waals surface area contributed by atoms with Gasteiger partial charge in [0.2, 0.25) is 5.91 Å². The predicted molar refractivity (Wildman–Crippen MR) is 82.2 cm³/mol. The number of carbonyl (C=O) groups excluding carboxylic acids is 1. The van der Waals surface area contributed by atoms with Gasteiger partial charge in [0.25, 0.3) is 0 Å². The number of hydrogen-bond acceptors (Lipinski definition) is 3. The van der Waals surface area contributed by atoms with Gasteiger partial charge >= 0.3 is 5.97 Å². The number of benzene rings is 1. The first-order chi connectivity index (χ1) is 11.4. The molecule has 1 fully saturated rings. The Morgan fingerprint density at radius 3 is 2.38 bits per heavy atom. The molecule has 1 amide bonds. The number of ether oxygens (including phenoxy) is 1. The molecule has 0 radical (unpaired) electrons. The number of carboxylic acids is 1. The zero-order valence-electron chi connectivity index (χ0n) is 13.4. The third kappa shape index (κ3) is 4.50. The zero-order valence-corrected chi connectivity index (χ0v) is 13.4. The van der Waals surface area contributed by atoms with Gasteiger partial charge in [-0.25, -0.2) is 8.78 Å². The Bertz CT molecular complexity index is 600. The Morgan fingerprint density at radius 1 is 1.21 bits per heavy atom. The van der Waals surface area contributed by atoms with E-state index in [2.05, 4.69) is 5.32 Å². The fourth-order valence-electron chi connectivity index (χ4n) is 3.01. The summed E-state index contributed by atoms with van der Waals surface area (Å²) in [5.41, 5.74) is 0.420. The molecular formula is C17H21F2NO4. The molecule has 1 atom stereocenters. The van der Waals surface area contributed by atoms with E-state index in [9.17, 15) is 18.4 Å². The van der Waals surface area contributed by atoms with Crippen LogP contribution in [0, 0.1) is 23.5 Å². The highest BCUT2D eigenvalue weighted by Gasteiger charge is 2.30. The molecule has 2 rings (SSSR count). The molecular weight excluding hydrogens is 320 g/mol. The fraction of sp³-hybridized carbons (Fsp3) is 0.529. The van der Waals surface area contributed by atoms with Gasteiger partial charge in [-0.15, -0.1) is 0 Å².